The largest absolute Gasteiger partial charge is 0.422 e. The number of benzene rings is 3. The molecule has 3 aromatic carbocycles. The SMILES string of the molecule is CC[C@H](C)[C@@H]1NC(=O)[C@H](C)N(C)C(=O)C[C@@H](C(=O)N(C)C)N(C)C(=O)[C@H]([C@@H](C)CC)N(C)C(=O)C2(CCCC2)NC(=O)[C@H](Cc2ccc(F)cc2)N(C)C(=O)[C@H](CCc2cc(F)c(C(F)(F)F)c(F)c2)NC(=O)CN(C)C(=O)[C@H](Cc2ccc(C(F)(F)F)cc2)N(C)C(=O)C2CCN2C(=O)[C@H](C)N(C)C1=O. The van der Waals surface area contributed by atoms with Gasteiger partial charge in [0.1, 0.15) is 82.9 Å². The lowest BCUT2D eigenvalue weighted by Gasteiger charge is -2.45. The summed E-state index contributed by atoms with van der Waals surface area (Å²) in [6.45, 7) is 8.47. The summed E-state index contributed by atoms with van der Waals surface area (Å²) >= 11 is 0. The number of likely N-dealkylation sites (N-methyl/N-ethyl adjacent to an activating group) is 8. The standard InChI is InChI=1S/C73H97F9N12O12/c1-16-40(3)59-68(104)89(11)43(6)63(99)94-33-30-52(94)67(103)91(13)54(37-44-20-25-47(26-21-44)72(77,78)79)66(102)87(9)39-56(95)83-51(29-24-46-34-49(75)58(50(76)35-46)73(80,81)82)64(100)90(12)53(36-45-22-27-48(74)28-23-45)62(98)85-71(31-18-19-32-71)70(106)93(15)60(41(4)17-2)69(105)92(14)55(65(101)86(7)8)38-57(96)88(10)42(5)61(97)84-59/h20-23,25-28,34-35,40-43,51-55,59-60H,16-19,24,29-33,36-39H2,1-15H3,(H,83,95)(H,84,97)(H,85,98)/t40-,41-,42-,43-,51-,52?,53-,54-,55-,59-,60-/m0/s1. The molecule has 6 rings (SSSR count). The number of nitrogens with zero attached hydrogens (tertiary/aromatic N) is 9. The molecule has 1 unspecified atom stereocenters. The first-order valence-electron chi connectivity index (χ1n) is 35.1. The molecule has 0 aromatic heterocycles. The van der Waals surface area contributed by atoms with Crippen LogP contribution in [0.2, 0.25) is 0 Å². The minimum atomic E-state index is -5.49. The molecule has 2 heterocycles. The molecule has 106 heavy (non-hydrogen) atoms. The number of rotatable bonds is 12. The first-order chi connectivity index (χ1) is 49.3. The molecule has 3 aliphatic rings. The summed E-state index contributed by atoms with van der Waals surface area (Å²) in [5.74, 6) is -16.8. The van der Waals surface area contributed by atoms with Gasteiger partial charge >= 0.3 is 12.4 Å². The molecule has 12 amide bonds. The van der Waals surface area contributed by atoms with Crippen LogP contribution in [-0.2, 0) is 89.1 Å². The van der Waals surface area contributed by atoms with Crippen molar-refractivity contribution in [2.24, 2.45) is 11.8 Å². The summed E-state index contributed by atoms with van der Waals surface area (Å²) in [5, 5.41) is 8.04. The zero-order valence-corrected chi connectivity index (χ0v) is 62.3. The maximum Gasteiger partial charge on any atom is 0.422 e. The molecule has 3 N–H and O–H groups in total. The Balaban J connectivity index is 1.51. The van der Waals surface area contributed by atoms with Gasteiger partial charge in [0, 0.05) is 82.8 Å². The highest BCUT2D eigenvalue weighted by Gasteiger charge is 2.51. The second-order valence-electron chi connectivity index (χ2n) is 28.4. The van der Waals surface area contributed by atoms with E-state index in [0.29, 0.717) is 31.4 Å². The summed E-state index contributed by atoms with van der Waals surface area (Å²) in [7, 11) is 11.3. The van der Waals surface area contributed by atoms with E-state index < -0.39 is 228 Å². The van der Waals surface area contributed by atoms with Crippen molar-refractivity contribution in [2.75, 3.05) is 76.5 Å². The topological polar surface area (TPSA) is 270 Å². The van der Waals surface area contributed by atoms with E-state index in [1.54, 1.807) is 27.7 Å². The van der Waals surface area contributed by atoms with Crippen molar-refractivity contribution < 1.29 is 97.0 Å². The zero-order valence-electron chi connectivity index (χ0n) is 62.3. The molecule has 1 saturated carbocycles. The Morgan fingerprint density at radius 2 is 1.13 bits per heavy atom. The molecule has 0 radical (unpaired) electrons. The van der Waals surface area contributed by atoms with Crippen molar-refractivity contribution in [3.05, 3.63) is 106 Å². The molecule has 1 aliphatic carbocycles. The fourth-order valence-electron chi connectivity index (χ4n) is 13.5. The molecular weight excluding hydrogens is 1410 g/mol. The highest BCUT2D eigenvalue weighted by molar-refractivity contribution is 6.01. The van der Waals surface area contributed by atoms with E-state index in [2.05, 4.69) is 16.0 Å². The molecule has 2 aliphatic heterocycles. The Bertz CT molecular complexity index is 3720. The first-order valence-corrected chi connectivity index (χ1v) is 35.1. The summed E-state index contributed by atoms with van der Waals surface area (Å²) < 4.78 is 128. The number of halogens is 9. The highest BCUT2D eigenvalue weighted by Crippen LogP contribution is 2.37. The molecule has 24 nitrogen and oxygen atoms in total. The number of carbonyl (C=O) groups is 12. The number of hydrogen-bond acceptors (Lipinski definition) is 12. The van der Waals surface area contributed by atoms with E-state index in [1.165, 1.54) is 75.3 Å². The van der Waals surface area contributed by atoms with Crippen molar-refractivity contribution in [1.82, 2.24) is 60.0 Å². The second kappa shape index (κ2) is 35.4. The van der Waals surface area contributed by atoms with E-state index in [1.807, 2.05) is 0 Å². The number of hydrogen-bond donors (Lipinski definition) is 3. The van der Waals surface area contributed by atoms with Crippen LogP contribution >= 0.6 is 0 Å². The molecule has 3 fully saturated rings. The Labute approximate surface area is 611 Å². The van der Waals surface area contributed by atoms with Crippen molar-refractivity contribution >= 4 is 70.9 Å². The van der Waals surface area contributed by atoms with Crippen LogP contribution in [0.3, 0.4) is 0 Å². The van der Waals surface area contributed by atoms with E-state index in [-0.39, 0.29) is 43.4 Å². The minimum Gasteiger partial charge on any atom is -0.347 e. The van der Waals surface area contributed by atoms with Crippen LogP contribution in [0.1, 0.15) is 127 Å². The van der Waals surface area contributed by atoms with Gasteiger partial charge in [-0.1, -0.05) is 77.6 Å². The third-order valence-corrected chi connectivity index (χ3v) is 21.1. The quantitative estimate of drug-likeness (QED) is 0.187. The smallest absolute Gasteiger partial charge is 0.347 e. The van der Waals surface area contributed by atoms with Crippen LogP contribution in [0.15, 0.2) is 60.7 Å². The average Bonchev–Trinajstić information content (AvgIpc) is 1.35. The fraction of sp³-hybridized carbons (Fsp3) is 0.589. The molecule has 33 heteroatoms. The van der Waals surface area contributed by atoms with E-state index in [4.69, 9.17) is 0 Å². The maximum absolute atomic E-state index is 15.6. The number of fused-ring (bicyclic) bond motifs is 1. The number of aryl methyl sites for hydroxylation is 1. The Hall–Kier alpha value is -9.33. The predicted molar refractivity (Wildman–Crippen MR) is 369 cm³/mol. The molecule has 1 spiro atoms. The third-order valence-electron chi connectivity index (χ3n) is 21.1. The van der Waals surface area contributed by atoms with E-state index in [9.17, 15) is 69.1 Å². The average molecular weight is 1510 g/mol. The maximum atomic E-state index is 15.6. The van der Waals surface area contributed by atoms with Gasteiger partial charge < -0.3 is 60.0 Å². The normalized spacial score (nSPS) is 24.8. The van der Waals surface area contributed by atoms with Gasteiger partial charge in [0.25, 0.3) is 0 Å². The summed E-state index contributed by atoms with van der Waals surface area (Å²) in [6, 6.07) is -4.65. The van der Waals surface area contributed by atoms with Crippen LogP contribution in [0.25, 0.3) is 0 Å². The molecule has 584 valence electrons. The van der Waals surface area contributed by atoms with Gasteiger partial charge in [-0.25, -0.2) is 13.2 Å². The van der Waals surface area contributed by atoms with Crippen molar-refractivity contribution in [2.45, 2.75) is 191 Å². The van der Waals surface area contributed by atoms with E-state index >= 15 is 28.0 Å². The summed E-state index contributed by atoms with van der Waals surface area (Å²) in [5.41, 5.74) is -5.27. The van der Waals surface area contributed by atoms with Crippen LogP contribution in [0.4, 0.5) is 39.5 Å². The van der Waals surface area contributed by atoms with Crippen LogP contribution in [-0.4, -0.2) is 251 Å². The molecule has 3 aromatic rings. The lowest BCUT2D eigenvalue weighted by atomic mass is 9.90. The zero-order chi connectivity index (χ0) is 79.7. The summed E-state index contributed by atoms with van der Waals surface area (Å²) in [4.78, 5) is 187. The van der Waals surface area contributed by atoms with Gasteiger partial charge in [0.05, 0.1) is 18.5 Å². The third kappa shape index (κ3) is 19.8. The van der Waals surface area contributed by atoms with Crippen molar-refractivity contribution in [1.29, 1.82) is 0 Å². The van der Waals surface area contributed by atoms with Crippen molar-refractivity contribution in [3.63, 3.8) is 0 Å². The van der Waals surface area contributed by atoms with Gasteiger partial charge in [-0.2, -0.15) is 26.3 Å². The first kappa shape index (κ1) is 85.6. The fourth-order valence-corrected chi connectivity index (χ4v) is 13.5. The highest BCUT2D eigenvalue weighted by atomic mass is 19.4. The van der Waals surface area contributed by atoms with E-state index in [0.717, 1.165) is 94.6 Å². The van der Waals surface area contributed by atoms with Gasteiger partial charge in [0.15, 0.2) is 0 Å². The lowest BCUT2D eigenvalue weighted by Crippen LogP contribution is -2.65. The van der Waals surface area contributed by atoms with Gasteiger partial charge in [-0.15, -0.1) is 0 Å². The predicted octanol–water partition coefficient (Wildman–Crippen LogP) is 5.60. The Morgan fingerprint density at radius 3 is 1.64 bits per heavy atom. The number of amides is 12. The molecule has 2 saturated heterocycles. The molecule has 11 atom stereocenters. The summed E-state index contributed by atoms with van der Waals surface area (Å²) in [6.07, 6.45) is -12.2. The van der Waals surface area contributed by atoms with Crippen LogP contribution < -0.4 is 16.0 Å². The number of nitrogens with one attached hydrogen (secondary N) is 3. The molecular formula is C73H97F9N12O12. The van der Waals surface area contributed by atoms with Gasteiger partial charge in [0.2, 0.25) is 70.9 Å². The van der Waals surface area contributed by atoms with Crippen molar-refractivity contribution in [3.8, 4) is 0 Å². The number of alkyl halides is 6. The lowest BCUT2D eigenvalue weighted by molar-refractivity contribution is -0.160. The monoisotopic (exact) mass is 1500 g/mol. The Kier molecular flexibility index (Phi) is 28.6. The Morgan fingerprint density at radius 1 is 0.594 bits per heavy atom. The minimum absolute atomic E-state index is 0.00199. The van der Waals surface area contributed by atoms with Gasteiger partial charge in [-0.05, 0) is 111 Å². The van der Waals surface area contributed by atoms with Crippen LogP contribution in [0, 0.1) is 29.3 Å². The van der Waals surface area contributed by atoms with Crippen LogP contribution in [0.5, 0.6) is 0 Å². The van der Waals surface area contributed by atoms with Gasteiger partial charge in [-0.3, -0.25) is 57.5 Å². The molecule has 0 bridgehead atoms. The second-order valence-corrected chi connectivity index (χ2v) is 28.4. The number of carbonyl (C=O) groups excluding carboxylic acids is 12.